The van der Waals surface area contributed by atoms with Crippen LogP contribution in [0.5, 0.6) is 0 Å². The number of aryl methyl sites for hydroxylation is 1. The first kappa shape index (κ1) is 21.6. The van der Waals surface area contributed by atoms with E-state index in [2.05, 4.69) is 0 Å². The van der Waals surface area contributed by atoms with Gasteiger partial charge in [-0.05, 0) is 55.0 Å². The van der Waals surface area contributed by atoms with E-state index in [1.54, 1.807) is 48.5 Å². The molecule has 0 bridgehead atoms. The van der Waals surface area contributed by atoms with Crippen molar-refractivity contribution >= 4 is 75.1 Å². The number of hydrogen-bond acceptors (Lipinski definition) is 5. The number of amides is 1. The molecule has 1 aromatic heterocycles. The van der Waals surface area contributed by atoms with Crippen molar-refractivity contribution in [3.05, 3.63) is 80.4 Å². The third-order valence-electron chi connectivity index (χ3n) is 4.59. The van der Waals surface area contributed by atoms with Gasteiger partial charge in [0.2, 0.25) is 0 Å². The van der Waals surface area contributed by atoms with Gasteiger partial charge < -0.3 is 9.52 Å². The van der Waals surface area contributed by atoms with Crippen LogP contribution in [-0.2, 0) is 4.79 Å². The Kier molecular flexibility index (Phi) is 5.94. The fourth-order valence-corrected chi connectivity index (χ4v) is 4.66. The molecule has 156 valence electrons. The molecule has 4 rings (SSSR count). The first-order valence-corrected chi connectivity index (χ1v) is 10.9. The molecule has 0 atom stereocenters. The van der Waals surface area contributed by atoms with Gasteiger partial charge in [-0.1, -0.05) is 53.2 Å². The third-order valence-corrected chi connectivity index (χ3v) is 6.64. The van der Waals surface area contributed by atoms with E-state index in [1.807, 2.05) is 6.92 Å². The van der Waals surface area contributed by atoms with Gasteiger partial charge in [0, 0.05) is 11.6 Å². The maximum Gasteiger partial charge on any atom is 0.335 e. The average molecular weight is 490 g/mol. The Labute approximate surface area is 197 Å². The Morgan fingerprint density at radius 3 is 2.58 bits per heavy atom. The third kappa shape index (κ3) is 4.27. The van der Waals surface area contributed by atoms with Crippen molar-refractivity contribution in [1.82, 2.24) is 0 Å². The van der Waals surface area contributed by atoms with E-state index >= 15 is 0 Å². The highest BCUT2D eigenvalue weighted by Crippen LogP contribution is 2.38. The average Bonchev–Trinajstić information content (AvgIpc) is 3.28. The minimum Gasteiger partial charge on any atom is -0.478 e. The number of benzene rings is 2. The molecule has 9 heteroatoms. The monoisotopic (exact) mass is 489 g/mol. The summed E-state index contributed by atoms with van der Waals surface area (Å²) in [5.74, 6) is -0.223. The highest BCUT2D eigenvalue weighted by molar-refractivity contribution is 8.27. The number of anilines is 1. The molecule has 3 aromatic rings. The van der Waals surface area contributed by atoms with Gasteiger partial charge in [-0.2, -0.15) is 0 Å². The lowest BCUT2D eigenvalue weighted by atomic mass is 10.0. The largest absolute Gasteiger partial charge is 0.478 e. The molecule has 1 fully saturated rings. The van der Waals surface area contributed by atoms with Gasteiger partial charge in [-0.25, -0.2) is 4.79 Å². The number of rotatable bonds is 4. The molecule has 1 N–H and O–H groups in total. The number of carbonyl (C=O) groups is 2. The minimum absolute atomic E-state index is 0.207. The molecule has 2 heterocycles. The van der Waals surface area contributed by atoms with Crippen LogP contribution >= 0.6 is 47.2 Å². The number of halogens is 2. The standard InChI is InChI=1S/C22H13Cl2NO4S2/c1-11-8-12(21(27)28)2-5-15(11)18-7-4-14(29-18)10-19-20(26)25(22(30)31-19)13-3-6-16(23)17(24)9-13/h2-10H,1H3,(H,27,28)/b19-10+. The molecule has 0 saturated carbocycles. The van der Waals surface area contributed by atoms with E-state index in [1.165, 1.54) is 11.0 Å². The molecule has 0 spiro atoms. The molecule has 5 nitrogen and oxygen atoms in total. The second kappa shape index (κ2) is 8.51. The van der Waals surface area contributed by atoms with E-state index in [4.69, 9.17) is 44.9 Å². The zero-order valence-corrected chi connectivity index (χ0v) is 19.0. The van der Waals surface area contributed by atoms with E-state index in [9.17, 15) is 9.59 Å². The van der Waals surface area contributed by atoms with Crippen molar-refractivity contribution in [3.8, 4) is 11.3 Å². The first-order chi connectivity index (χ1) is 14.7. The molecule has 1 amide bonds. The fraction of sp³-hybridized carbons (Fsp3) is 0.0455. The molecule has 0 unspecified atom stereocenters. The number of nitrogens with zero attached hydrogens (tertiary/aromatic N) is 1. The van der Waals surface area contributed by atoms with Crippen LogP contribution in [0.25, 0.3) is 17.4 Å². The summed E-state index contributed by atoms with van der Waals surface area (Å²) in [6.45, 7) is 1.81. The van der Waals surface area contributed by atoms with Gasteiger partial charge in [-0.15, -0.1) is 0 Å². The lowest BCUT2D eigenvalue weighted by Crippen LogP contribution is -2.27. The number of thiocarbonyl (C=S) groups is 1. The highest BCUT2D eigenvalue weighted by Gasteiger charge is 2.33. The van der Waals surface area contributed by atoms with Crippen molar-refractivity contribution in [2.45, 2.75) is 6.92 Å². The number of furan rings is 1. The van der Waals surface area contributed by atoms with Crippen LogP contribution in [-0.4, -0.2) is 21.3 Å². The normalized spacial score (nSPS) is 15.2. The molecular formula is C22H13Cl2NO4S2. The summed E-state index contributed by atoms with van der Waals surface area (Å²) < 4.78 is 6.26. The van der Waals surface area contributed by atoms with E-state index < -0.39 is 5.97 Å². The van der Waals surface area contributed by atoms with Gasteiger partial charge in [0.1, 0.15) is 11.5 Å². The SMILES string of the molecule is Cc1cc(C(=O)O)ccc1-c1ccc(/C=C2/SC(=S)N(c3ccc(Cl)c(Cl)c3)C2=O)o1. The molecular weight excluding hydrogens is 477 g/mol. The Hall–Kier alpha value is -2.58. The number of carboxylic acids is 1. The second-order valence-corrected chi connectivity index (χ2v) is 9.14. The van der Waals surface area contributed by atoms with Gasteiger partial charge in [0.15, 0.2) is 4.32 Å². The zero-order chi connectivity index (χ0) is 22.3. The van der Waals surface area contributed by atoms with Crippen LogP contribution in [0, 0.1) is 6.92 Å². The van der Waals surface area contributed by atoms with Crippen LogP contribution in [0.1, 0.15) is 21.7 Å². The van der Waals surface area contributed by atoms with Crippen LogP contribution in [0.3, 0.4) is 0 Å². The van der Waals surface area contributed by atoms with Crippen LogP contribution < -0.4 is 4.90 Å². The second-order valence-electron chi connectivity index (χ2n) is 6.65. The zero-order valence-electron chi connectivity index (χ0n) is 15.9. The van der Waals surface area contributed by atoms with Crippen molar-refractivity contribution in [3.63, 3.8) is 0 Å². The van der Waals surface area contributed by atoms with E-state index in [0.717, 1.165) is 22.9 Å². The first-order valence-electron chi connectivity index (χ1n) is 8.92. The predicted molar refractivity (Wildman–Crippen MR) is 128 cm³/mol. The molecule has 1 saturated heterocycles. The number of carboxylic acid groups (broad SMARTS) is 1. The number of aromatic carboxylic acids is 1. The van der Waals surface area contributed by atoms with Gasteiger partial charge in [-0.3, -0.25) is 9.69 Å². The van der Waals surface area contributed by atoms with Crippen molar-refractivity contribution in [2.75, 3.05) is 4.90 Å². The number of hydrogen-bond donors (Lipinski definition) is 1. The lowest BCUT2D eigenvalue weighted by molar-refractivity contribution is -0.113. The summed E-state index contributed by atoms with van der Waals surface area (Å²) in [6, 6.07) is 13.2. The Morgan fingerprint density at radius 1 is 1.13 bits per heavy atom. The molecule has 1 aliphatic heterocycles. The molecule has 0 aliphatic carbocycles. The fourth-order valence-electron chi connectivity index (χ4n) is 3.09. The van der Waals surface area contributed by atoms with Crippen molar-refractivity contribution in [2.24, 2.45) is 0 Å². The van der Waals surface area contributed by atoms with Crippen molar-refractivity contribution < 1.29 is 19.1 Å². The maximum absolute atomic E-state index is 12.9. The Balaban J connectivity index is 1.61. The Bertz CT molecular complexity index is 1280. The van der Waals surface area contributed by atoms with E-state index in [0.29, 0.717) is 36.5 Å². The summed E-state index contributed by atoms with van der Waals surface area (Å²) in [5.41, 5.74) is 2.29. The minimum atomic E-state index is -0.987. The molecule has 2 aromatic carbocycles. The molecule has 31 heavy (non-hydrogen) atoms. The van der Waals surface area contributed by atoms with E-state index in [-0.39, 0.29) is 11.5 Å². The summed E-state index contributed by atoms with van der Waals surface area (Å²) in [6.07, 6.45) is 1.63. The van der Waals surface area contributed by atoms with Crippen LogP contribution in [0.4, 0.5) is 5.69 Å². The molecule has 1 aliphatic rings. The summed E-state index contributed by atoms with van der Waals surface area (Å²) in [7, 11) is 0. The van der Waals surface area contributed by atoms with Crippen molar-refractivity contribution in [1.29, 1.82) is 0 Å². The number of carbonyl (C=O) groups excluding carboxylic acids is 1. The smallest absolute Gasteiger partial charge is 0.335 e. The van der Waals surface area contributed by atoms with Gasteiger partial charge >= 0.3 is 5.97 Å². The topological polar surface area (TPSA) is 70.8 Å². The Morgan fingerprint density at radius 2 is 1.90 bits per heavy atom. The summed E-state index contributed by atoms with van der Waals surface area (Å²) in [4.78, 5) is 25.9. The number of thioether (sulfide) groups is 1. The summed E-state index contributed by atoms with van der Waals surface area (Å²) in [5, 5.41) is 9.84. The van der Waals surface area contributed by atoms with Gasteiger partial charge in [0.25, 0.3) is 5.91 Å². The molecule has 0 radical (unpaired) electrons. The maximum atomic E-state index is 12.9. The lowest BCUT2D eigenvalue weighted by Gasteiger charge is -2.15. The summed E-state index contributed by atoms with van der Waals surface area (Å²) >= 11 is 18.6. The van der Waals surface area contributed by atoms with Crippen LogP contribution in [0.15, 0.2) is 57.9 Å². The quantitative estimate of drug-likeness (QED) is 0.326. The highest BCUT2D eigenvalue weighted by atomic mass is 35.5. The predicted octanol–water partition coefficient (Wildman–Crippen LogP) is 6.67. The van der Waals surface area contributed by atoms with Gasteiger partial charge in [0.05, 0.1) is 26.2 Å². The van der Waals surface area contributed by atoms with Crippen LogP contribution in [0.2, 0.25) is 10.0 Å².